The van der Waals surface area contributed by atoms with Crippen LogP contribution in [0.4, 0.5) is 11.4 Å². The molecule has 10 heteroatoms. The van der Waals surface area contributed by atoms with Gasteiger partial charge in [0.05, 0.1) is 29.9 Å². The monoisotopic (exact) mass is 334 g/mol. The Morgan fingerprint density at radius 3 is 2.71 bits per heavy atom. The molecule has 2 N–H and O–H groups in total. The maximum absolute atomic E-state index is 12.2. The highest BCUT2D eigenvalue weighted by molar-refractivity contribution is 5.95. The van der Waals surface area contributed by atoms with Crippen LogP contribution in [0.1, 0.15) is 23.3 Å². The van der Waals surface area contributed by atoms with Crippen molar-refractivity contribution in [3.8, 4) is 5.75 Å². The number of anilines is 1. The van der Waals surface area contributed by atoms with E-state index in [1.165, 1.54) is 38.4 Å². The molecular weight excluding hydrogens is 320 g/mol. The molecule has 1 unspecified atom stereocenters. The molecule has 0 aliphatic rings. The van der Waals surface area contributed by atoms with Crippen LogP contribution in [0.5, 0.6) is 5.75 Å². The zero-order valence-electron chi connectivity index (χ0n) is 12.8. The van der Waals surface area contributed by atoms with Crippen LogP contribution >= 0.6 is 0 Å². The van der Waals surface area contributed by atoms with Crippen molar-refractivity contribution in [3.63, 3.8) is 0 Å². The third-order valence-corrected chi connectivity index (χ3v) is 3.28. The molecule has 0 saturated carbocycles. The van der Waals surface area contributed by atoms with Crippen molar-refractivity contribution in [3.05, 3.63) is 46.3 Å². The first kappa shape index (κ1) is 16.9. The molecule has 0 bridgehead atoms. The van der Waals surface area contributed by atoms with Crippen molar-refractivity contribution >= 4 is 23.3 Å². The minimum atomic E-state index is -1.17. The lowest BCUT2D eigenvalue weighted by Crippen LogP contribution is -2.24. The number of nitro benzene ring substituents is 1. The van der Waals surface area contributed by atoms with E-state index < -0.39 is 22.8 Å². The minimum absolute atomic E-state index is 0.00302. The SMILES string of the molecule is COc1ccc(NC(=O)C(C)n2cc(C(=O)O)cn2)c([N+](=O)[O-])c1. The molecule has 0 aliphatic heterocycles. The molecular formula is C14H14N4O6. The molecule has 0 aliphatic carbocycles. The van der Waals surface area contributed by atoms with Gasteiger partial charge in [0.2, 0.25) is 5.91 Å². The Morgan fingerprint density at radius 2 is 2.17 bits per heavy atom. The minimum Gasteiger partial charge on any atom is -0.496 e. The molecule has 0 saturated heterocycles. The predicted molar refractivity (Wildman–Crippen MR) is 82.2 cm³/mol. The standard InChI is InChI=1S/C14H14N4O6/c1-8(17-7-9(6-15-17)14(20)21)13(19)16-11-4-3-10(24-2)5-12(11)18(22)23/h3-8H,1-2H3,(H,16,19)(H,20,21). The second-order valence-electron chi connectivity index (χ2n) is 4.82. The van der Waals surface area contributed by atoms with E-state index in [-0.39, 0.29) is 22.7 Å². The highest BCUT2D eigenvalue weighted by atomic mass is 16.6. The van der Waals surface area contributed by atoms with Gasteiger partial charge in [-0.2, -0.15) is 5.10 Å². The molecule has 126 valence electrons. The number of aromatic nitrogens is 2. The first-order chi connectivity index (χ1) is 11.3. The average molecular weight is 334 g/mol. The van der Waals surface area contributed by atoms with Crippen LogP contribution in [0.25, 0.3) is 0 Å². The summed E-state index contributed by atoms with van der Waals surface area (Å²) >= 11 is 0. The molecule has 0 radical (unpaired) electrons. The third kappa shape index (κ3) is 3.48. The number of aromatic carboxylic acids is 1. The highest BCUT2D eigenvalue weighted by Gasteiger charge is 2.22. The number of carboxylic acids is 1. The summed E-state index contributed by atoms with van der Waals surface area (Å²) in [6, 6.07) is 3.16. The summed E-state index contributed by atoms with van der Waals surface area (Å²) in [5.41, 5.74) is -0.380. The fraction of sp³-hybridized carbons (Fsp3) is 0.214. The van der Waals surface area contributed by atoms with E-state index in [0.29, 0.717) is 0 Å². The predicted octanol–water partition coefficient (Wildman–Crippen LogP) is 1.70. The van der Waals surface area contributed by atoms with Crippen LogP contribution in [0.2, 0.25) is 0 Å². The number of methoxy groups -OCH3 is 1. The Hall–Kier alpha value is -3.43. The Bertz CT molecular complexity index is 800. The fourth-order valence-electron chi connectivity index (χ4n) is 1.91. The number of benzene rings is 1. The maximum atomic E-state index is 12.2. The number of hydrogen-bond acceptors (Lipinski definition) is 6. The Morgan fingerprint density at radius 1 is 1.46 bits per heavy atom. The zero-order chi connectivity index (χ0) is 17.9. The molecule has 1 aromatic heterocycles. The Balaban J connectivity index is 2.22. The summed E-state index contributed by atoms with van der Waals surface area (Å²) in [5, 5.41) is 26.2. The van der Waals surface area contributed by atoms with Gasteiger partial charge in [0, 0.05) is 6.20 Å². The van der Waals surface area contributed by atoms with Gasteiger partial charge >= 0.3 is 5.97 Å². The second kappa shape index (κ2) is 6.77. The molecule has 1 aromatic carbocycles. The van der Waals surface area contributed by atoms with Gasteiger partial charge in [-0.25, -0.2) is 4.79 Å². The lowest BCUT2D eigenvalue weighted by atomic mass is 10.2. The summed E-state index contributed by atoms with van der Waals surface area (Å²) in [6.45, 7) is 1.49. The topological polar surface area (TPSA) is 137 Å². The molecule has 24 heavy (non-hydrogen) atoms. The van der Waals surface area contributed by atoms with Crippen molar-refractivity contribution in [2.45, 2.75) is 13.0 Å². The van der Waals surface area contributed by atoms with Gasteiger partial charge in [-0.05, 0) is 19.1 Å². The summed E-state index contributed by atoms with van der Waals surface area (Å²) in [6.07, 6.45) is 2.32. The lowest BCUT2D eigenvalue weighted by Gasteiger charge is -2.13. The summed E-state index contributed by atoms with van der Waals surface area (Å²) in [5.74, 6) is -1.46. The van der Waals surface area contributed by atoms with Crippen molar-refractivity contribution in [2.24, 2.45) is 0 Å². The van der Waals surface area contributed by atoms with Crippen LogP contribution in [-0.2, 0) is 4.79 Å². The van der Waals surface area contributed by atoms with Gasteiger partial charge in [-0.3, -0.25) is 19.6 Å². The lowest BCUT2D eigenvalue weighted by molar-refractivity contribution is -0.384. The number of ether oxygens (including phenoxy) is 1. The van der Waals surface area contributed by atoms with E-state index in [9.17, 15) is 19.7 Å². The van der Waals surface area contributed by atoms with E-state index in [0.717, 1.165) is 10.9 Å². The van der Waals surface area contributed by atoms with Crippen LogP contribution in [-0.4, -0.2) is 38.8 Å². The zero-order valence-corrected chi connectivity index (χ0v) is 12.8. The van der Waals surface area contributed by atoms with Crippen molar-refractivity contribution in [2.75, 3.05) is 12.4 Å². The molecule has 2 rings (SSSR count). The maximum Gasteiger partial charge on any atom is 0.338 e. The number of carboxylic acid groups (broad SMARTS) is 1. The normalized spacial score (nSPS) is 11.6. The van der Waals surface area contributed by atoms with Gasteiger partial charge in [-0.15, -0.1) is 0 Å². The first-order valence-electron chi connectivity index (χ1n) is 6.74. The molecule has 10 nitrogen and oxygen atoms in total. The van der Waals surface area contributed by atoms with Crippen LogP contribution in [0.3, 0.4) is 0 Å². The van der Waals surface area contributed by atoms with E-state index in [1.807, 2.05) is 0 Å². The smallest absolute Gasteiger partial charge is 0.338 e. The number of amides is 1. The highest BCUT2D eigenvalue weighted by Crippen LogP contribution is 2.29. The number of nitrogens with zero attached hydrogens (tertiary/aromatic N) is 3. The van der Waals surface area contributed by atoms with Gasteiger partial charge in [0.15, 0.2) is 0 Å². The number of carbonyl (C=O) groups is 2. The van der Waals surface area contributed by atoms with Crippen molar-refractivity contribution in [1.29, 1.82) is 0 Å². The fourth-order valence-corrected chi connectivity index (χ4v) is 1.91. The summed E-state index contributed by atoms with van der Waals surface area (Å²) in [7, 11) is 1.37. The van der Waals surface area contributed by atoms with Gasteiger partial charge in [0.25, 0.3) is 5.69 Å². The van der Waals surface area contributed by atoms with Crippen molar-refractivity contribution in [1.82, 2.24) is 9.78 Å². The number of nitrogens with one attached hydrogen (secondary N) is 1. The number of rotatable bonds is 6. The van der Waals surface area contributed by atoms with Crippen LogP contribution in [0.15, 0.2) is 30.6 Å². The van der Waals surface area contributed by atoms with Gasteiger partial charge in [-0.1, -0.05) is 0 Å². The third-order valence-electron chi connectivity index (χ3n) is 3.28. The number of nitro groups is 1. The van der Waals surface area contributed by atoms with E-state index >= 15 is 0 Å². The number of carbonyl (C=O) groups excluding carboxylic acids is 1. The Labute approximate surface area is 135 Å². The Kier molecular flexibility index (Phi) is 4.78. The second-order valence-corrected chi connectivity index (χ2v) is 4.82. The summed E-state index contributed by atoms with van der Waals surface area (Å²) < 4.78 is 6.08. The van der Waals surface area contributed by atoms with Gasteiger partial charge < -0.3 is 15.2 Å². The van der Waals surface area contributed by atoms with Crippen molar-refractivity contribution < 1.29 is 24.4 Å². The molecule has 2 aromatic rings. The van der Waals surface area contributed by atoms with E-state index in [1.54, 1.807) is 0 Å². The average Bonchev–Trinajstić information content (AvgIpc) is 3.04. The number of hydrogen-bond donors (Lipinski definition) is 2. The van der Waals surface area contributed by atoms with Crippen LogP contribution in [0, 0.1) is 10.1 Å². The first-order valence-corrected chi connectivity index (χ1v) is 6.74. The molecule has 0 spiro atoms. The van der Waals surface area contributed by atoms with Gasteiger partial charge in [0.1, 0.15) is 17.5 Å². The molecule has 1 atom stereocenters. The molecule has 0 fully saturated rings. The summed E-state index contributed by atoms with van der Waals surface area (Å²) in [4.78, 5) is 33.6. The molecule has 1 amide bonds. The quantitative estimate of drug-likeness (QED) is 0.606. The van der Waals surface area contributed by atoms with E-state index in [2.05, 4.69) is 10.4 Å². The van der Waals surface area contributed by atoms with E-state index in [4.69, 9.17) is 9.84 Å². The largest absolute Gasteiger partial charge is 0.496 e. The molecule has 1 heterocycles. The van der Waals surface area contributed by atoms with Crippen LogP contribution < -0.4 is 10.1 Å².